The molecule has 11 heteroatoms. The zero-order chi connectivity index (χ0) is 31.7. The van der Waals surface area contributed by atoms with Crippen LogP contribution in [0.3, 0.4) is 0 Å². The number of ether oxygens (including phenoxy) is 1. The van der Waals surface area contributed by atoms with E-state index >= 15 is 0 Å². The monoisotopic (exact) mass is 629 g/mol. The fourth-order valence-electron chi connectivity index (χ4n) is 6.52. The van der Waals surface area contributed by atoms with Crippen LogP contribution in [-0.2, 0) is 4.79 Å². The Morgan fingerprint density at radius 2 is 1.89 bits per heavy atom. The number of anilines is 3. The van der Waals surface area contributed by atoms with Gasteiger partial charge in [-0.15, -0.1) is 0 Å². The van der Waals surface area contributed by atoms with Crippen molar-refractivity contribution >= 4 is 45.9 Å². The number of fused-ring (bicyclic) bond motifs is 1. The van der Waals surface area contributed by atoms with Gasteiger partial charge in [0.25, 0.3) is 5.56 Å². The number of nitrogens with one attached hydrogen (secondary N) is 1. The number of methoxy groups -OCH3 is 1. The molecule has 10 nitrogen and oxygen atoms in total. The number of carbonyl (C=O) groups excluding carboxylic acids is 1. The molecule has 2 aliphatic rings. The van der Waals surface area contributed by atoms with Gasteiger partial charge in [-0.25, -0.2) is 4.98 Å². The molecular formula is C34H40ClN7O3. The molecule has 2 aromatic carbocycles. The molecule has 1 atom stereocenters. The number of likely N-dealkylation sites (N-methyl/N-ethyl adjacent to an activating group) is 1. The van der Waals surface area contributed by atoms with Crippen molar-refractivity contribution in [1.82, 2.24) is 24.3 Å². The van der Waals surface area contributed by atoms with Gasteiger partial charge in [-0.05, 0) is 50.6 Å². The minimum Gasteiger partial charge on any atom is -0.495 e. The third-order valence-electron chi connectivity index (χ3n) is 9.05. The van der Waals surface area contributed by atoms with Gasteiger partial charge < -0.3 is 24.8 Å². The summed E-state index contributed by atoms with van der Waals surface area (Å²) in [6.07, 6.45) is 3.75. The molecule has 2 saturated heterocycles. The van der Waals surface area contributed by atoms with E-state index in [0.29, 0.717) is 47.3 Å². The van der Waals surface area contributed by atoms with Gasteiger partial charge >= 0.3 is 0 Å². The van der Waals surface area contributed by atoms with Crippen LogP contribution in [-0.4, -0.2) is 83.7 Å². The lowest BCUT2D eigenvalue weighted by Crippen LogP contribution is -2.44. The summed E-state index contributed by atoms with van der Waals surface area (Å²) in [6, 6.07) is 13.2. The topological polar surface area (TPSA) is 95.8 Å². The lowest BCUT2D eigenvalue weighted by atomic mass is 9.98. The number of hydrogen-bond acceptors (Lipinski definition) is 8. The van der Waals surface area contributed by atoms with E-state index in [1.165, 1.54) is 0 Å². The Hall–Kier alpha value is -4.15. The molecule has 4 aromatic rings. The van der Waals surface area contributed by atoms with Crippen molar-refractivity contribution in [2.75, 3.05) is 63.6 Å². The van der Waals surface area contributed by atoms with Crippen LogP contribution in [0.15, 0.2) is 53.5 Å². The summed E-state index contributed by atoms with van der Waals surface area (Å²) in [7, 11) is 3.82. The molecule has 2 fully saturated rings. The second kappa shape index (κ2) is 13.1. The number of aryl methyl sites for hydroxylation is 1. The van der Waals surface area contributed by atoms with Crippen molar-refractivity contribution in [3.63, 3.8) is 0 Å². The van der Waals surface area contributed by atoms with Crippen molar-refractivity contribution < 1.29 is 9.53 Å². The Labute approximate surface area is 268 Å². The molecule has 2 aliphatic heterocycles. The van der Waals surface area contributed by atoms with Crippen molar-refractivity contribution in [2.24, 2.45) is 0 Å². The second-order valence-corrected chi connectivity index (χ2v) is 12.3. The first-order chi connectivity index (χ1) is 21.8. The summed E-state index contributed by atoms with van der Waals surface area (Å²) in [5, 5.41) is 4.60. The smallest absolute Gasteiger partial charge is 0.260 e. The molecule has 6 rings (SSSR count). The molecule has 0 aliphatic carbocycles. The number of hydrogen-bond donors (Lipinski definition) is 1. The molecule has 0 saturated carbocycles. The van der Waals surface area contributed by atoms with Gasteiger partial charge in [0.1, 0.15) is 11.4 Å². The van der Waals surface area contributed by atoms with Gasteiger partial charge in [0.2, 0.25) is 11.9 Å². The number of benzene rings is 2. The number of halogens is 1. The number of likely N-dealkylation sites (tertiary alicyclic amines) is 1. The average Bonchev–Trinajstić information content (AvgIpc) is 3.06. The van der Waals surface area contributed by atoms with Crippen molar-refractivity contribution in [3.8, 4) is 16.9 Å². The molecule has 4 heterocycles. The Morgan fingerprint density at radius 3 is 2.62 bits per heavy atom. The van der Waals surface area contributed by atoms with Gasteiger partial charge in [0.05, 0.1) is 24.4 Å². The van der Waals surface area contributed by atoms with Crippen LogP contribution in [0.1, 0.15) is 37.8 Å². The molecular weight excluding hydrogens is 590 g/mol. The molecule has 0 unspecified atom stereocenters. The van der Waals surface area contributed by atoms with Crippen LogP contribution in [0.25, 0.3) is 22.2 Å². The highest BCUT2D eigenvalue weighted by molar-refractivity contribution is 6.33. The molecule has 236 valence electrons. The molecule has 1 amide bonds. The van der Waals surface area contributed by atoms with E-state index in [-0.39, 0.29) is 17.5 Å². The summed E-state index contributed by atoms with van der Waals surface area (Å²) in [6.45, 7) is 8.78. The number of nitrogens with zero attached hydrogens (tertiary/aromatic N) is 6. The number of piperazine rings is 1. The quantitative estimate of drug-likeness (QED) is 0.286. The Morgan fingerprint density at radius 1 is 1.11 bits per heavy atom. The van der Waals surface area contributed by atoms with Crippen LogP contribution in [0.4, 0.5) is 17.3 Å². The van der Waals surface area contributed by atoms with Gasteiger partial charge in [0.15, 0.2) is 0 Å². The van der Waals surface area contributed by atoms with Gasteiger partial charge in [-0.1, -0.05) is 36.7 Å². The second-order valence-electron chi connectivity index (χ2n) is 11.9. The number of pyridine rings is 1. The zero-order valence-corrected chi connectivity index (χ0v) is 27.1. The number of carbonyl (C=O) groups is 1. The van der Waals surface area contributed by atoms with Crippen LogP contribution in [0.2, 0.25) is 5.02 Å². The van der Waals surface area contributed by atoms with Gasteiger partial charge in [0, 0.05) is 79.6 Å². The van der Waals surface area contributed by atoms with Crippen LogP contribution < -0.4 is 20.5 Å². The van der Waals surface area contributed by atoms with E-state index in [4.69, 9.17) is 21.3 Å². The van der Waals surface area contributed by atoms with E-state index < -0.39 is 0 Å². The highest BCUT2D eigenvalue weighted by Crippen LogP contribution is 2.35. The average molecular weight is 630 g/mol. The summed E-state index contributed by atoms with van der Waals surface area (Å²) in [4.78, 5) is 43.3. The summed E-state index contributed by atoms with van der Waals surface area (Å²) < 4.78 is 7.55. The largest absolute Gasteiger partial charge is 0.495 e. The zero-order valence-electron chi connectivity index (χ0n) is 26.3. The fraction of sp³-hybridized carbons (Fsp3) is 0.412. The molecule has 1 N–H and O–H groups in total. The van der Waals surface area contributed by atoms with E-state index in [9.17, 15) is 9.59 Å². The van der Waals surface area contributed by atoms with Crippen molar-refractivity contribution in [2.45, 2.75) is 39.2 Å². The van der Waals surface area contributed by atoms with E-state index in [0.717, 1.165) is 67.1 Å². The first kappa shape index (κ1) is 30.9. The van der Waals surface area contributed by atoms with Gasteiger partial charge in [-0.2, -0.15) is 4.98 Å². The third kappa shape index (κ3) is 6.09. The molecule has 0 bridgehead atoms. The molecule has 0 radical (unpaired) electrons. The predicted molar refractivity (Wildman–Crippen MR) is 180 cm³/mol. The summed E-state index contributed by atoms with van der Waals surface area (Å²) >= 11 is 6.63. The van der Waals surface area contributed by atoms with E-state index in [1.807, 2.05) is 49.1 Å². The number of aromatic nitrogens is 3. The first-order valence-corrected chi connectivity index (χ1v) is 16.0. The standard InChI is InChI=1S/C34H40ClN7O3/c1-5-30(43)41-14-8-9-24(21-41)42-32-26(22(2)31(33(42)44)25-10-6-7-11-27(25)35)20-36-34(38-32)37-23-12-13-28(29(19-23)45-4)40-17-15-39(3)16-18-40/h6-7,10-13,19-20,24H,5,8-9,14-18,21H2,1-4H3,(H,36,37,38)/t24-/m0/s1. The fourth-order valence-corrected chi connectivity index (χ4v) is 6.75. The highest BCUT2D eigenvalue weighted by atomic mass is 35.5. The molecule has 45 heavy (non-hydrogen) atoms. The lowest BCUT2D eigenvalue weighted by molar-refractivity contribution is -0.132. The number of amides is 1. The Balaban J connectivity index is 1.43. The normalized spacial score (nSPS) is 17.5. The minimum atomic E-state index is -0.239. The maximum Gasteiger partial charge on any atom is 0.260 e. The van der Waals surface area contributed by atoms with E-state index in [2.05, 4.69) is 33.2 Å². The molecule has 2 aromatic heterocycles. The molecule has 0 spiro atoms. The lowest BCUT2D eigenvalue weighted by Gasteiger charge is -2.34. The Bertz CT molecular complexity index is 1780. The van der Waals surface area contributed by atoms with Crippen molar-refractivity contribution in [3.05, 3.63) is 69.6 Å². The van der Waals surface area contributed by atoms with Crippen LogP contribution in [0, 0.1) is 6.92 Å². The summed E-state index contributed by atoms with van der Waals surface area (Å²) in [5.41, 5.74) is 4.15. The highest BCUT2D eigenvalue weighted by Gasteiger charge is 2.29. The SMILES string of the molecule is CCC(=O)N1CCC[C@H](n2c(=O)c(-c3ccccc3Cl)c(C)c3cnc(Nc4ccc(N5CCN(C)CC5)c(OC)c4)nc32)C1. The number of rotatable bonds is 7. The van der Waals surface area contributed by atoms with Crippen LogP contribution in [0.5, 0.6) is 5.75 Å². The first-order valence-electron chi connectivity index (χ1n) is 15.6. The maximum atomic E-state index is 14.5. The third-order valence-corrected chi connectivity index (χ3v) is 9.38. The van der Waals surface area contributed by atoms with Crippen molar-refractivity contribution in [1.29, 1.82) is 0 Å². The minimum absolute atomic E-state index is 0.0847. The van der Waals surface area contributed by atoms with E-state index in [1.54, 1.807) is 23.9 Å². The van der Waals surface area contributed by atoms with Gasteiger partial charge in [-0.3, -0.25) is 14.2 Å². The summed E-state index contributed by atoms with van der Waals surface area (Å²) in [5.74, 6) is 1.22. The number of piperidine rings is 1. The Kier molecular flexibility index (Phi) is 8.96. The van der Waals surface area contributed by atoms with Crippen LogP contribution >= 0.6 is 11.6 Å². The predicted octanol–water partition coefficient (Wildman–Crippen LogP) is 5.50. The maximum absolute atomic E-state index is 14.5.